The summed E-state index contributed by atoms with van der Waals surface area (Å²) in [6, 6.07) is 1.27. The molecule has 1 atom stereocenters. The van der Waals surface area contributed by atoms with E-state index in [1.54, 1.807) is 6.92 Å². The molecule has 0 saturated heterocycles. The van der Waals surface area contributed by atoms with Crippen molar-refractivity contribution in [2.45, 2.75) is 26.8 Å². The summed E-state index contributed by atoms with van der Waals surface area (Å²) in [4.78, 5) is 35.6. The van der Waals surface area contributed by atoms with Gasteiger partial charge in [-0.3, -0.25) is 10.1 Å². The van der Waals surface area contributed by atoms with Gasteiger partial charge in [-0.2, -0.15) is 0 Å². The van der Waals surface area contributed by atoms with Crippen molar-refractivity contribution in [1.29, 1.82) is 0 Å². The molecule has 0 aliphatic carbocycles. The monoisotopic (exact) mass is 393 g/mol. The molecular formula is C18H23N3O7. The second-order valence-corrected chi connectivity index (χ2v) is 6.27. The SMILES string of the molecule is CCOc1cc(C2NC(=O)NC(C(C)C)=C2C(=O)OC)cc([N+](=O)[O-])c1OC. The van der Waals surface area contributed by atoms with Crippen LogP contribution in [0.3, 0.4) is 0 Å². The molecule has 152 valence electrons. The lowest BCUT2D eigenvalue weighted by Gasteiger charge is -2.31. The van der Waals surface area contributed by atoms with Gasteiger partial charge < -0.3 is 24.8 Å². The van der Waals surface area contributed by atoms with Crippen LogP contribution in [0, 0.1) is 16.0 Å². The van der Waals surface area contributed by atoms with Gasteiger partial charge in [-0.25, -0.2) is 9.59 Å². The summed E-state index contributed by atoms with van der Waals surface area (Å²) in [7, 11) is 2.52. The maximum Gasteiger partial charge on any atom is 0.337 e. The quantitative estimate of drug-likeness (QED) is 0.413. The highest BCUT2D eigenvalue weighted by molar-refractivity contribution is 5.95. The molecule has 28 heavy (non-hydrogen) atoms. The van der Waals surface area contributed by atoms with E-state index < -0.39 is 23.0 Å². The molecule has 0 radical (unpaired) electrons. The zero-order chi connectivity index (χ0) is 21.0. The van der Waals surface area contributed by atoms with Gasteiger partial charge in [-0.15, -0.1) is 0 Å². The Labute approximate surface area is 162 Å². The largest absolute Gasteiger partial charge is 0.490 e. The van der Waals surface area contributed by atoms with Crippen molar-refractivity contribution < 1.29 is 28.7 Å². The number of ether oxygens (including phenoxy) is 3. The van der Waals surface area contributed by atoms with E-state index in [1.807, 2.05) is 13.8 Å². The number of hydrogen-bond acceptors (Lipinski definition) is 7. The number of hydrogen-bond donors (Lipinski definition) is 2. The topological polar surface area (TPSA) is 129 Å². The fourth-order valence-corrected chi connectivity index (χ4v) is 3.01. The third kappa shape index (κ3) is 4.00. The van der Waals surface area contributed by atoms with Gasteiger partial charge in [0.15, 0.2) is 5.75 Å². The van der Waals surface area contributed by atoms with Gasteiger partial charge in [0.05, 0.1) is 37.4 Å². The molecule has 0 fully saturated rings. The number of nitrogens with one attached hydrogen (secondary N) is 2. The number of esters is 1. The van der Waals surface area contributed by atoms with Crippen LogP contribution in [0.1, 0.15) is 32.4 Å². The van der Waals surface area contributed by atoms with E-state index in [0.717, 1.165) is 0 Å². The number of nitrogens with zero attached hydrogens (tertiary/aromatic N) is 1. The van der Waals surface area contributed by atoms with Crippen molar-refractivity contribution in [3.63, 3.8) is 0 Å². The van der Waals surface area contributed by atoms with Crippen LogP contribution in [0.15, 0.2) is 23.4 Å². The van der Waals surface area contributed by atoms with E-state index in [9.17, 15) is 19.7 Å². The molecule has 0 bridgehead atoms. The predicted octanol–water partition coefficient (Wildman–Crippen LogP) is 2.44. The first-order chi connectivity index (χ1) is 13.2. The molecule has 1 aromatic carbocycles. The minimum atomic E-state index is -0.956. The number of amides is 2. The van der Waals surface area contributed by atoms with Crippen LogP contribution in [0.25, 0.3) is 0 Å². The molecule has 0 saturated carbocycles. The third-order valence-electron chi connectivity index (χ3n) is 4.18. The predicted molar refractivity (Wildman–Crippen MR) is 99.1 cm³/mol. The first kappa shape index (κ1) is 21.0. The highest BCUT2D eigenvalue weighted by atomic mass is 16.6. The first-order valence-electron chi connectivity index (χ1n) is 8.64. The van der Waals surface area contributed by atoms with E-state index in [0.29, 0.717) is 11.3 Å². The number of nitro benzene ring substituents is 1. The van der Waals surface area contributed by atoms with E-state index in [-0.39, 0.29) is 35.3 Å². The molecule has 0 aromatic heterocycles. The molecule has 1 aliphatic rings. The molecule has 2 N–H and O–H groups in total. The summed E-state index contributed by atoms with van der Waals surface area (Å²) in [5, 5.41) is 16.8. The Bertz CT molecular complexity index is 833. The number of allylic oxidation sites excluding steroid dienone is 1. The Morgan fingerprint density at radius 3 is 2.50 bits per heavy atom. The molecule has 1 aromatic rings. The van der Waals surface area contributed by atoms with Crippen LogP contribution < -0.4 is 20.1 Å². The van der Waals surface area contributed by atoms with Crippen molar-refractivity contribution in [3.05, 3.63) is 39.1 Å². The zero-order valence-corrected chi connectivity index (χ0v) is 16.3. The van der Waals surface area contributed by atoms with Crippen molar-refractivity contribution >= 4 is 17.7 Å². The fraction of sp³-hybridized carbons (Fsp3) is 0.444. The van der Waals surface area contributed by atoms with Gasteiger partial charge in [0, 0.05) is 11.8 Å². The molecule has 2 amide bonds. The average molecular weight is 393 g/mol. The first-order valence-corrected chi connectivity index (χ1v) is 8.64. The van der Waals surface area contributed by atoms with Crippen molar-refractivity contribution in [3.8, 4) is 11.5 Å². The number of rotatable bonds is 7. The highest BCUT2D eigenvalue weighted by Crippen LogP contribution is 2.42. The molecule has 2 rings (SSSR count). The lowest BCUT2D eigenvalue weighted by molar-refractivity contribution is -0.385. The average Bonchev–Trinajstić information content (AvgIpc) is 2.66. The Balaban J connectivity index is 2.75. The smallest absolute Gasteiger partial charge is 0.337 e. The maximum atomic E-state index is 12.5. The summed E-state index contributed by atoms with van der Waals surface area (Å²) in [6.45, 7) is 5.58. The van der Waals surface area contributed by atoms with Gasteiger partial charge in [0.1, 0.15) is 0 Å². The van der Waals surface area contributed by atoms with E-state index in [1.165, 1.54) is 26.4 Å². The Hall–Kier alpha value is -3.30. The second kappa shape index (κ2) is 8.59. The number of carbonyl (C=O) groups excluding carboxylic acids is 2. The van der Waals surface area contributed by atoms with E-state index in [4.69, 9.17) is 14.2 Å². The van der Waals surface area contributed by atoms with Crippen LogP contribution in [-0.2, 0) is 9.53 Å². The standard InChI is InChI=1S/C18H23N3O7/c1-6-28-12-8-10(7-11(21(24)25)16(12)26-4)15-13(17(22)27-5)14(9(2)3)19-18(23)20-15/h7-9,15H,6H2,1-5H3,(H2,19,20,23). The zero-order valence-electron chi connectivity index (χ0n) is 16.3. The van der Waals surface area contributed by atoms with Gasteiger partial charge in [0.25, 0.3) is 0 Å². The van der Waals surface area contributed by atoms with Crippen molar-refractivity contribution in [2.24, 2.45) is 5.92 Å². The number of benzene rings is 1. The molecule has 1 heterocycles. The van der Waals surface area contributed by atoms with Gasteiger partial charge in [-0.1, -0.05) is 13.8 Å². The summed E-state index contributed by atoms with van der Waals surface area (Å²) < 4.78 is 15.5. The Kier molecular flexibility index (Phi) is 6.45. The van der Waals surface area contributed by atoms with Crippen LogP contribution in [0.4, 0.5) is 10.5 Å². The minimum Gasteiger partial charge on any atom is -0.490 e. The number of urea groups is 1. The van der Waals surface area contributed by atoms with Crippen molar-refractivity contribution in [1.82, 2.24) is 10.6 Å². The number of nitro groups is 1. The lowest BCUT2D eigenvalue weighted by Crippen LogP contribution is -2.47. The molecule has 10 heteroatoms. The van der Waals surface area contributed by atoms with Crippen LogP contribution in [-0.4, -0.2) is 37.8 Å². The minimum absolute atomic E-state index is 0.0384. The molecular weight excluding hydrogens is 370 g/mol. The number of methoxy groups -OCH3 is 2. The lowest BCUT2D eigenvalue weighted by atomic mass is 9.91. The fourth-order valence-electron chi connectivity index (χ4n) is 3.01. The molecule has 10 nitrogen and oxygen atoms in total. The molecule has 1 aliphatic heterocycles. The summed E-state index contributed by atoms with van der Waals surface area (Å²) in [5.41, 5.74) is 0.506. The summed E-state index contributed by atoms with van der Waals surface area (Å²) >= 11 is 0. The third-order valence-corrected chi connectivity index (χ3v) is 4.18. The highest BCUT2D eigenvalue weighted by Gasteiger charge is 2.36. The van der Waals surface area contributed by atoms with Crippen LogP contribution in [0.2, 0.25) is 0 Å². The van der Waals surface area contributed by atoms with E-state index in [2.05, 4.69) is 10.6 Å². The molecule has 0 spiro atoms. The second-order valence-electron chi connectivity index (χ2n) is 6.27. The molecule has 1 unspecified atom stereocenters. The Morgan fingerprint density at radius 1 is 1.32 bits per heavy atom. The summed E-state index contributed by atoms with van der Waals surface area (Å²) in [5.74, 6) is -0.749. The van der Waals surface area contributed by atoms with Crippen LogP contribution in [0.5, 0.6) is 11.5 Å². The van der Waals surface area contributed by atoms with Gasteiger partial charge >= 0.3 is 17.7 Å². The normalized spacial score (nSPS) is 16.4. The van der Waals surface area contributed by atoms with E-state index >= 15 is 0 Å². The van der Waals surface area contributed by atoms with Crippen LogP contribution >= 0.6 is 0 Å². The Morgan fingerprint density at radius 2 is 2.00 bits per heavy atom. The maximum absolute atomic E-state index is 12.5. The number of carbonyl (C=O) groups is 2. The van der Waals surface area contributed by atoms with Gasteiger partial charge in [-0.05, 0) is 24.5 Å². The van der Waals surface area contributed by atoms with Gasteiger partial charge in [0.2, 0.25) is 5.75 Å². The van der Waals surface area contributed by atoms with Crippen molar-refractivity contribution in [2.75, 3.05) is 20.8 Å². The summed E-state index contributed by atoms with van der Waals surface area (Å²) in [6.07, 6.45) is 0.